The molecule has 0 spiro atoms. The van der Waals surface area contributed by atoms with Crippen LogP contribution in [-0.4, -0.2) is 49.1 Å². The summed E-state index contributed by atoms with van der Waals surface area (Å²) in [6, 6.07) is -0.871. The predicted molar refractivity (Wildman–Crippen MR) is 66.1 cm³/mol. The number of anilines is 1. The molecule has 0 aliphatic heterocycles. The highest BCUT2D eigenvalue weighted by Gasteiger charge is 2.26. The van der Waals surface area contributed by atoms with Crippen molar-refractivity contribution < 1.29 is 13.2 Å². The van der Waals surface area contributed by atoms with Crippen molar-refractivity contribution in [2.24, 2.45) is 7.05 Å². The summed E-state index contributed by atoms with van der Waals surface area (Å²) in [5.41, 5.74) is 5.49. The van der Waals surface area contributed by atoms with E-state index >= 15 is 0 Å². The first kappa shape index (κ1) is 14.5. The van der Waals surface area contributed by atoms with Crippen molar-refractivity contribution in [3.05, 3.63) is 6.20 Å². The van der Waals surface area contributed by atoms with Gasteiger partial charge >= 0.3 is 0 Å². The maximum absolute atomic E-state index is 12.0. The molecule has 0 radical (unpaired) electrons. The summed E-state index contributed by atoms with van der Waals surface area (Å²) in [6.45, 7) is 1.46. The smallest absolute Gasteiger partial charge is 0.246 e. The van der Waals surface area contributed by atoms with Crippen molar-refractivity contribution in [3.8, 4) is 0 Å². The van der Waals surface area contributed by atoms with Crippen LogP contribution in [0.4, 0.5) is 5.82 Å². The number of amides is 1. The van der Waals surface area contributed by atoms with Crippen LogP contribution in [0.2, 0.25) is 0 Å². The lowest BCUT2D eigenvalue weighted by molar-refractivity contribution is -0.130. The number of hydrogen-bond acceptors (Lipinski definition) is 5. The van der Waals surface area contributed by atoms with Crippen LogP contribution in [0.1, 0.15) is 6.92 Å². The van der Waals surface area contributed by atoms with Gasteiger partial charge in [0.05, 0.1) is 6.04 Å². The first-order valence-electron chi connectivity index (χ1n) is 5.17. The molecule has 0 fully saturated rings. The Morgan fingerprint density at radius 1 is 1.56 bits per heavy atom. The molecule has 0 bridgehead atoms. The third-order valence-corrected chi connectivity index (χ3v) is 3.81. The highest BCUT2D eigenvalue weighted by Crippen LogP contribution is 2.15. The summed E-state index contributed by atoms with van der Waals surface area (Å²) in [7, 11) is 0.800. The van der Waals surface area contributed by atoms with Crippen molar-refractivity contribution in [2.75, 3.05) is 19.8 Å². The Hall–Kier alpha value is -1.61. The number of hydrogen-bond donors (Lipinski definition) is 2. The van der Waals surface area contributed by atoms with Crippen LogP contribution in [0.3, 0.4) is 0 Å². The van der Waals surface area contributed by atoms with Crippen LogP contribution in [0, 0.1) is 0 Å². The first-order valence-corrected chi connectivity index (χ1v) is 6.66. The molecule has 0 saturated heterocycles. The molecule has 9 heteroatoms. The molecule has 0 aliphatic carbocycles. The van der Waals surface area contributed by atoms with Gasteiger partial charge in [0.25, 0.3) is 0 Å². The normalized spacial score (nSPS) is 13.3. The third kappa shape index (κ3) is 2.99. The van der Waals surface area contributed by atoms with Gasteiger partial charge in [-0.2, -0.15) is 9.82 Å². The summed E-state index contributed by atoms with van der Waals surface area (Å²) < 4.78 is 27.5. The average Bonchev–Trinajstić information content (AvgIpc) is 2.56. The number of carbonyl (C=O) groups is 1. The molecule has 1 atom stereocenters. The number of nitrogens with zero attached hydrogens (tertiary/aromatic N) is 3. The Kier molecular flexibility index (Phi) is 3.97. The van der Waals surface area contributed by atoms with E-state index in [1.54, 1.807) is 21.1 Å². The number of likely N-dealkylation sites (N-methyl/N-ethyl adjacent to an activating group) is 1. The largest absolute Gasteiger partial charge is 0.381 e. The zero-order valence-electron chi connectivity index (χ0n) is 10.7. The average molecular weight is 275 g/mol. The quantitative estimate of drug-likeness (QED) is 0.714. The van der Waals surface area contributed by atoms with Gasteiger partial charge in [-0.15, -0.1) is 0 Å². The summed E-state index contributed by atoms with van der Waals surface area (Å²) >= 11 is 0. The van der Waals surface area contributed by atoms with Gasteiger partial charge in [0, 0.05) is 27.3 Å². The molecule has 1 aromatic heterocycles. The summed E-state index contributed by atoms with van der Waals surface area (Å²) in [5.74, 6) is -0.449. The Labute approximate surface area is 106 Å². The second kappa shape index (κ2) is 4.94. The van der Waals surface area contributed by atoms with Crippen molar-refractivity contribution in [2.45, 2.75) is 17.9 Å². The minimum atomic E-state index is -3.85. The maximum atomic E-state index is 12.0. The highest BCUT2D eigenvalue weighted by molar-refractivity contribution is 7.89. The summed E-state index contributed by atoms with van der Waals surface area (Å²) in [6.07, 6.45) is 1.28. The molecule has 1 aromatic rings. The topological polar surface area (TPSA) is 110 Å². The minimum Gasteiger partial charge on any atom is -0.381 e. The Morgan fingerprint density at radius 3 is 2.50 bits per heavy atom. The van der Waals surface area contributed by atoms with Crippen LogP contribution in [0.25, 0.3) is 0 Å². The number of aromatic nitrogens is 2. The Bertz CT molecular complexity index is 549. The van der Waals surface area contributed by atoms with E-state index in [2.05, 4.69) is 9.82 Å². The van der Waals surface area contributed by atoms with Gasteiger partial charge < -0.3 is 10.6 Å². The van der Waals surface area contributed by atoms with Crippen molar-refractivity contribution in [1.82, 2.24) is 19.4 Å². The maximum Gasteiger partial charge on any atom is 0.246 e. The monoisotopic (exact) mass is 275 g/mol. The van der Waals surface area contributed by atoms with Gasteiger partial charge in [-0.25, -0.2) is 8.42 Å². The zero-order chi connectivity index (χ0) is 14.1. The number of nitrogen functional groups attached to an aromatic ring is 1. The number of nitrogens with two attached hydrogens (primary N) is 1. The zero-order valence-corrected chi connectivity index (χ0v) is 11.5. The van der Waals surface area contributed by atoms with Crippen LogP contribution < -0.4 is 10.5 Å². The fraction of sp³-hybridized carbons (Fsp3) is 0.556. The first-order chi connectivity index (χ1) is 8.15. The lowest BCUT2D eigenvalue weighted by Crippen LogP contribution is -2.44. The van der Waals surface area contributed by atoms with E-state index in [-0.39, 0.29) is 16.6 Å². The molecule has 18 heavy (non-hydrogen) atoms. The van der Waals surface area contributed by atoms with Crippen LogP contribution in [0.5, 0.6) is 0 Å². The molecule has 1 heterocycles. The van der Waals surface area contributed by atoms with Crippen LogP contribution in [0.15, 0.2) is 11.1 Å². The molecule has 8 nitrogen and oxygen atoms in total. The molecular weight excluding hydrogens is 258 g/mol. The summed E-state index contributed by atoms with van der Waals surface area (Å²) in [5, 5.41) is 3.74. The van der Waals surface area contributed by atoms with Gasteiger partial charge in [-0.05, 0) is 6.92 Å². The third-order valence-electron chi connectivity index (χ3n) is 2.25. The number of rotatable bonds is 4. The summed E-state index contributed by atoms with van der Waals surface area (Å²) in [4.78, 5) is 12.8. The van der Waals surface area contributed by atoms with E-state index in [0.29, 0.717) is 0 Å². The molecule has 0 aliphatic rings. The lowest BCUT2D eigenvalue weighted by atomic mass is 10.3. The Morgan fingerprint density at radius 2 is 2.11 bits per heavy atom. The number of carbonyl (C=O) groups excluding carboxylic acids is 1. The molecule has 0 aromatic carbocycles. The number of sulfonamides is 1. The van der Waals surface area contributed by atoms with Gasteiger partial charge in [-0.3, -0.25) is 9.48 Å². The molecule has 1 rings (SSSR count). The number of aryl methyl sites for hydroxylation is 1. The minimum absolute atomic E-state index is 0.102. The van der Waals surface area contributed by atoms with Crippen LogP contribution in [-0.2, 0) is 21.9 Å². The van der Waals surface area contributed by atoms with Crippen molar-refractivity contribution >= 4 is 21.7 Å². The van der Waals surface area contributed by atoms with E-state index in [1.807, 2.05) is 0 Å². The van der Waals surface area contributed by atoms with Crippen molar-refractivity contribution in [3.63, 3.8) is 0 Å². The highest BCUT2D eigenvalue weighted by atomic mass is 32.2. The Balaban J connectivity index is 2.96. The van der Waals surface area contributed by atoms with Crippen LogP contribution >= 0.6 is 0 Å². The second-order valence-corrected chi connectivity index (χ2v) is 5.81. The molecule has 0 saturated carbocycles. The van der Waals surface area contributed by atoms with Crippen molar-refractivity contribution in [1.29, 1.82) is 0 Å². The van der Waals surface area contributed by atoms with Gasteiger partial charge in [-0.1, -0.05) is 0 Å². The fourth-order valence-electron chi connectivity index (χ4n) is 1.42. The standard InChI is InChI=1S/C9H17N5O3S/c1-6(9(15)13(2)3)12-18(16,17)7-5-14(4)11-8(7)10/h5-6,12H,1-4H3,(H2,10,11). The van der Waals surface area contributed by atoms with Gasteiger partial charge in [0.1, 0.15) is 4.90 Å². The van der Waals surface area contributed by atoms with E-state index in [4.69, 9.17) is 5.73 Å². The predicted octanol–water partition coefficient (Wildman–Crippen LogP) is -1.24. The van der Waals surface area contributed by atoms with Gasteiger partial charge in [0.15, 0.2) is 5.82 Å². The molecule has 102 valence electrons. The van der Waals surface area contributed by atoms with E-state index in [9.17, 15) is 13.2 Å². The van der Waals surface area contributed by atoms with E-state index in [1.165, 1.54) is 22.7 Å². The lowest BCUT2D eigenvalue weighted by Gasteiger charge is -2.17. The fourth-order valence-corrected chi connectivity index (χ4v) is 2.73. The molecule has 3 N–H and O–H groups in total. The van der Waals surface area contributed by atoms with Gasteiger partial charge in [0.2, 0.25) is 15.9 Å². The van der Waals surface area contributed by atoms with E-state index < -0.39 is 16.1 Å². The number of nitrogens with one attached hydrogen (secondary N) is 1. The molecule has 1 amide bonds. The van der Waals surface area contributed by atoms with E-state index in [0.717, 1.165) is 0 Å². The SMILES string of the molecule is CC(NS(=O)(=O)c1cn(C)nc1N)C(=O)N(C)C. The second-order valence-electron chi connectivity index (χ2n) is 4.13. The molecular formula is C9H17N5O3S. The molecule has 1 unspecified atom stereocenters.